The van der Waals surface area contributed by atoms with E-state index in [2.05, 4.69) is 17.6 Å². The molecule has 3 N–H and O–H groups in total. The maximum absolute atomic E-state index is 11.9. The van der Waals surface area contributed by atoms with Gasteiger partial charge in [0.2, 0.25) is 0 Å². The predicted octanol–water partition coefficient (Wildman–Crippen LogP) is 2.76. The Kier molecular flexibility index (Phi) is 5.88. The highest BCUT2D eigenvalue weighted by Crippen LogP contribution is 2.44. The first-order chi connectivity index (χ1) is 10.1. The van der Waals surface area contributed by atoms with E-state index in [0.717, 1.165) is 12.8 Å². The van der Waals surface area contributed by atoms with Crippen LogP contribution in [0.25, 0.3) is 0 Å². The molecule has 1 atom stereocenters. The summed E-state index contributed by atoms with van der Waals surface area (Å²) < 4.78 is 0. The van der Waals surface area contributed by atoms with Gasteiger partial charge in [0.15, 0.2) is 0 Å². The second-order valence-corrected chi connectivity index (χ2v) is 6.60. The lowest BCUT2D eigenvalue weighted by Crippen LogP contribution is -2.44. The van der Waals surface area contributed by atoms with E-state index in [1.54, 1.807) is 0 Å². The highest BCUT2D eigenvalue weighted by atomic mass is 16.4. The van der Waals surface area contributed by atoms with E-state index in [0.29, 0.717) is 36.8 Å². The van der Waals surface area contributed by atoms with Crippen molar-refractivity contribution in [3.63, 3.8) is 0 Å². The van der Waals surface area contributed by atoms with E-state index in [4.69, 9.17) is 5.11 Å². The minimum absolute atomic E-state index is 0.0492. The number of nitrogens with one attached hydrogen (secondary N) is 2. The van der Waals surface area contributed by atoms with Crippen molar-refractivity contribution >= 4 is 12.0 Å². The normalized spacial score (nSPS) is 19.3. The first kappa shape index (κ1) is 16.1. The summed E-state index contributed by atoms with van der Waals surface area (Å²) in [6, 6.07) is 0.339. The van der Waals surface area contributed by atoms with Crippen molar-refractivity contribution in [2.45, 2.75) is 64.3 Å². The minimum Gasteiger partial charge on any atom is -0.481 e. The Morgan fingerprint density at radius 1 is 1.14 bits per heavy atom. The monoisotopic (exact) mass is 296 g/mol. The predicted molar refractivity (Wildman–Crippen MR) is 81.0 cm³/mol. The van der Waals surface area contributed by atoms with Crippen molar-refractivity contribution in [1.82, 2.24) is 10.6 Å². The van der Waals surface area contributed by atoms with Gasteiger partial charge in [0.05, 0.1) is 0 Å². The van der Waals surface area contributed by atoms with Gasteiger partial charge in [-0.05, 0) is 56.3 Å². The summed E-state index contributed by atoms with van der Waals surface area (Å²) in [7, 11) is 0. The van der Waals surface area contributed by atoms with Gasteiger partial charge < -0.3 is 15.7 Å². The first-order valence-electron chi connectivity index (χ1n) is 8.36. The van der Waals surface area contributed by atoms with E-state index in [1.165, 1.54) is 25.7 Å². The van der Waals surface area contributed by atoms with E-state index in [1.807, 2.05) is 0 Å². The molecule has 120 valence electrons. The Labute approximate surface area is 126 Å². The van der Waals surface area contributed by atoms with Crippen molar-refractivity contribution in [3.05, 3.63) is 0 Å². The van der Waals surface area contributed by atoms with Gasteiger partial charge >= 0.3 is 12.0 Å². The maximum atomic E-state index is 11.9. The molecule has 0 aromatic carbocycles. The SMILES string of the molecule is CCC(CCNC(=O)NC(C1CC1)C1CC1)CCC(=O)O. The zero-order chi connectivity index (χ0) is 15.2. The molecule has 5 heteroatoms. The number of aliphatic carboxylic acids is 1. The van der Waals surface area contributed by atoms with E-state index >= 15 is 0 Å². The average Bonchev–Trinajstić information content (AvgIpc) is 3.32. The van der Waals surface area contributed by atoms with Crippen LogP contribution >= 0.6 is 0 Å². The van der Waals surface area contributed by atoms with Gasteiger partial charge in [-0.15, -0.1) is 0 Å². The van der Waals surface area contributed by atoms with Gasteiger partial charge in [-0.1, -0.05) is 13.3 Å². The highest BCUT2D eigenvalue weighted by Gasteiger charge is 2.42. The second-order valence-electron chi connectivity index (χ2n) is 6.60. The molecule has 1 unspecified atom stereocenters. The summed E-state index contributed by atoms with van der Waals surface area (Å²) in [6.07, 6.45) is 7.77. The Bertz CT molecular complexity index is 353. The standard InChI is InChI=1S/C16H28N2O3/c1-2-11(3-8-14(19)20)9-10-17-16(21)18-15(12-4-5-12)13-6-7-13/h11-13,15H,2-10H2,1H3,(H,19,20)(H2,17,18,21). The zero-order valence-electron chi connectivity index (χ0n) is 12.9. The largest absolute Gasteiger partial charge is 0.481 e. The second kappa shape index (κ2) is 7.66. The Balaban J connectivity index is 1.60. The molecule has 0 radical (unpaired) electrons. The lowest BCUT2D eigenvalue weighted by molar-refractivity contribution is -0.137. The highest BCUT2D eigenvalue weighted by molar-refractivity contribution is 5.74. The van der Waals surface area contributed by atoms with Crippen LogP contribution in [-0.2, 0) is 4.79 Å². The summed E-state index contributed by atoms with van der Waals surface area (Å²) >= 11 is 0. The van der Waals surface area contributed by atoms with Crippen molar-refractivity contribution in [2.24, 2.45) is 17.8 Å². The number of amides is 2. The summed E-state index contributed by atoms with van der Waals surface area (Å²) in [5, 5.41) is 14.8. The molecule has 2 aliphatic carbocycles. The number of urea groups is 1. The third-order valence-electron chi connectivity index (χ3n) is 4.74. The molecule has 2 saturated carbocycles. The van der Waals surface area contributed by atoms with Crippen molar-refractivity contribution in [3.8, 4) is 0 Å². The van der Waals surface area contributed by atoms with Crippen molar-refractivity contribution in [2.75, 3.05) is 6.54 Å². The fraction of sp³-hybridized carbons (Fsp3) is 0.875. The van der Waals surface area contributed by atoms with E-state index in [-0.39, 0.29) is 12.5 Å². The summed E-state index contributed by atoms with van der Waals surface area (Å²) in [4.78, 5) is 22.5. The molecular weight excluding hydrogens is 268 g/mol. The van der Waals surface area contributed by atoms with Crippen LogP contribution in [0.2, 0.25) is 0 Å². The number of hydrogen-bond donors (Lipinski definition) is 3. The molecule has 0 aromatic rings. The fourth-order valence-electron chi connectivity index (χ4n) is 3.00. The molecular formula is C16H28N2O3. The molecule has 0 spiro atoms. The molecule has 0 aliphatic heterocycles. The van der Waals surface area contributed by atoms with Gasteiger partial charge in [-0.3, -0.25) is 4.79 Å². The Hall–Kier alpha value is -1.26. The fourth-order valence-corrected chi connectivity index (χ4v) is 3.00. The van der Waals surface area contributed by atoms with Crippen molar-refractivity contribution < 1.29 is 14.7 Å². The molecule has 2 fully saturated rings. The number of carboxylic acid groups (broad SMARTS) is 1. The molecule has 5 nitrogen and oxygen atoms in total. The zero-order valence-corrected chi connectivity index (χ0v) is 12.9. The smallest absolute Gasteiger partial charge is 0.315 e. The van der Waals surface area contributed by atoms with Crippen LogP contribution in [0.1, 0.15) is 58.3 Å². The molecule has 2 rings (SSSR count). The van der Waals surface area contributed by atoms with Gasteiger partial charge in [0, 0.05) is 19.0 Å². The summed E-state index contributed by atoms with van der Waals surface area (Å²) in [6.45, 7) is 2.70. The molecule has 2 amide bonds. The summed E-state index contributed by atoms with van der Waals surface area (Å²) in [5.41, 5.74) is 0. The van der Waals surface area contributed by atoms with Gasteiger partial charge in [0.1, 0.15) is 0 Å². The first-order valence-corrected chi connectivity index (χ1v) is 8.36. The number of carboxylic acids is 1. The number of carbonyl (C=O) groups excluding carboxylic acids is 1. The van der Waals surface area contributed by atoms with Gasteiger partial charge in [-0.25, -0.2) is 4.79 Å². The van der Waals surface area contributed by atoms with Gasteiger partial charge in [0.25, 0.3) is 0 Å². The molecule has 2 aliphatic rings. The molecule has 0 heterocycles. The molecule has 21 heavy (non-hydrogen) atoms. The minimum atomic E-state index is -0.740. The lowest BCUT2D eigenvalue weighted by Gasteiger charge is -2.19. The van der Waals surface area contributed by atoms with Crippen LogP contribution in [0.3, 0.4) is 0 Å². The number of hydrogen-bond acceptors (Lipinski definition) is 2. The van der Waals surface area contributed by atoms with Crippen molar-refractivity contribution in [1.29, 1.82) is 0 Å². The Morgan fingerprint density at radius 3 is 2.24 bits per heavy atom. The maximum Gasteiger partial charge on any atom is 0.315 e. The quantitative estimate of drug-likeness (QED) is 0.580. The van der Waals surface area contributed by atoms with Crippen LogP contribution in [-0.4, -0.2) is 29.7 Å². The van der Waals surface area contributed by atoms with Gasteiger partial charge in [-0.2, -0.15) is 0 Å². The van der Waals surface area contributed by atoms with Crippen LogP contribution in [0, 0.1) is 17.8 Å². The lowest BCUT2D eigenvalue weighted by atomic mass is 9.97. The number of carbonyl (C=O) groups is 2. The summed E-state index contributed by atoms with van der Waals surface area (Å²) in [5.74, 6) is 1.06. The van der Waals surface area contributed by atoms with E-state index in [9.17, 15) is 9.59 Å². The third kappa shape index (κ3) is 5.94. The Morgan fingerprint density at radius 2 is 1.76 bits per heavy atom. The molecule has 0 aromatic heterocycles. The van der Waals surface area contributed by atoms with Crippen LogP contribution in [0.5, 0.6) is 0 Å². The van der Waals surface area contributed by atoms with E-state index < -0.39 is 5.97 Å². The van der Waals surface area contributed by atoms with Crippen LogP contribution < -0.4 is 10.6 Å². The molecule has 0 bridgehead atoms. The third-order valence-corrected chi connectivity index (χ3v) is 4.74. The molecule has 0 saturated heterocycles. The topological polar surface area (TPSA) is 78.4 Å². The average molecular weight is 296 g/mol. The van der Waals surface area contributed by atoms with Crippen LogP contribution in [0.15, 0.2) is 0 Å². The number of rotatable bonds is 10. The van der Waals surface area contributed by atoms with Crippen LogP contribution in [0.4, 0.5) is 4.79 Å².